The molecule has 26 heavy (non-hydrogen) atoms. The van der Waals surface area contributed by atoms with E-state index in [1.165, 1.54) is 6.07 Å². The second-order valence-electron chi connectivity index (χ2n) is 5.72. The number of nitriles is 1. The summed E-state index contributed by atoms with van der Waals surface area (Å²) in [5.74, 6) is -2.23. The summed E-state index contributed by atoms with van der Waals surface area (Å²) in [6.07, 6.45) is 0. The highest BCUT2D eigenvalue weighted by Gasteiger charge is 2.33. The molecule has 9 heteroatoms. The van der Waals surface area contributed by atoms with Crippen LogP contribution in [0.5, 0.6) is 0 Å². The SMILES string of the molecule is N#Cc1cc(Cl)ccc1N1CCN(S(=O)(=O)c2c(F)cccc2F)CC1. The van der Waals surface area contributed by atoms with Crippen molar-refractivity contribution in [3.63, 3.8) is 0 Å². The van der Waals surface area contributed by atoms with E-state index in [0.29, 0.717) is 16.3 Å². The fourth-order valence-corrected chi connectivity index (χ4v) is 4.60. The fourth-order valence-electron chi connectivity index (χ4n) is 2.90. The molecule has 2 aromatic rings. The maximum atomic E-state index is 13.9. The van der Waals surface area contributed by atoms with Gasteiger partial charge in [-0.1, -0.05) is 17.7 Å². The molecule has 0 spiro atoms. The van der Waals surface area contributed by atoms with Gasteiger partial charge in [-0.05, 0) is 30.3 Å². The van der Waals surface area contributed by atoms with Crippen LogP contribution in [-0.4, -0.2) is 38.9 Å². The monoisotopic (exact) mass is 397 g/mol. The number of benzene rings is 2. The third-order valence-electron chi connectivity index (χ3n) is 4.18. The molecule has 0 N–H and O–H groups in total. The summed E-state index contributed by atoms with van der Waals surface area (Å²) in [5, 5.41) is 9.67. The molecule has 136 valence electrons. The molecule has 1 fully saturated rings. The average molecular weight is 398 g/mol. The Morgan fingerprint density at radius 3 is 2.23 bits per heavy atom. The number of halogens is 3. The molecule has 0 aromatic heterocycles. The molecule has 2 aromatic carbocycles. The molecule has 1 aliphatic rings. The summed E-state index contributed by atoms with van der Waals surface area (Å²) in [4.78, 5) is 0.913. The minimum absolute atomic E-state index is 0.0452. The van der Waals surface area contributed by atoms with Crippen LogP contribution in [-0.2, 0) is 10.0 Å². The van der Waals surface area contributed by atoms with Crippen molar-refractivity contribution in [1.82, 2.24) is 4.31 Å². The second-order valence-corrected chi connectivity index (χ2v) is 8.03. The van der Waals surface area contributed by atoms with Crippen LogP contribution in [0.3, 0.4) is 0 Å². The van der Waals surface area contributed by atoms with E-state index >= 15 is 0 Å². The number of nitrogens with zero attached hydrogens (tertiary/aromatic N) is 3. The van der Waals surface area contributed by atoms with Gasteiger partial charge in [-0.25, -0.2) is 17.2 Å². The van der Waals surface area contributed by atoms with Gasteiger partial charge < -0.3 is 4.90 Å². The number of hydrogen-bond donors (Lipinski definition) is 0. The van der Waals surface area contributed by atoms with Crippen molar-refractivity contribution in [2.45, 2.75) is 4.90 Å². The van der Waals surface area contributed by atoms with Gasteiger partial charge in [0.2, 0.25) is 10.0 Å². The van der Waals surface area contributed by atoms with Crippen LogP contribution in [0, 0.1) is 23.0 Å². The first-order valence-electron chi connectivity index (χ1n) is 7.73. The van der Waals surface area contributed by atoms with Crippen LogP contribution in [0.2, 0.25) is 5.02 Å². The van der Waals surface area contributed by atoms with Crippen LogP contribution < -0.4 is 4.90 Å². The Morgan fingerprint density at radius 2 is 1.65 bits per heavy atom. The van der Waals surface area contributed by atoms with E-state index in [1.54, 1.807) is 12.1 Å². The van der Waals surface area contributed by atoms with E-state index < -0.39 is 26.6 Å². The Hall–Kier alpha value is -2.21. The maximum absolute atomic E-state index is 13.9. The van der Waals surface area contributed by atoms with Crippen molar-refractivity contribution < 1.29 is 17.2 Å². The molecule has 0 atom stereocenters. The van der Waals surface area contributed by atoms with E-state index in [0.717, 1.165) is 22.5 Å². The molecule has 1 heterocycles. The van der Waals surface area contributed by atoms with Gasteiger partial charge >= 0.3 is 0 Å². The molecular formula is C17H14ClF2N3O2S. The van der Waals surface area contributed by atoms with Gasteiger partial charge in [-0.3, -0.25) is 0 Å². The first-order valence-corrected chi connectivity index (χ1v) is 9.55. The van der Waals surface area contributed by atoms with E-state index in [4.69, 9.17) is 11.6 Å². The lowest BCUT2D eigenvalue weighted by molar-refractivity contribution is 0.378. The summed E-state index contributed by atoms with van der Waals surface area (Å²) >= 11 is 5.89. The first kappa shape index (κ1) is 18.6. The third-order valence-corrected chi connectivity index (χ3v) is 6.36. The Morgan fingerprint density at radius 1 is 1.04 bits per heavy atom. The zero-order valence-electron chi connectivity index (χ0n) is 13.5. The molecule has 5 nitrogen and oxygen atoms in total. The van der Waals surface area contributed by atoms with E-state index in [2.05, 4.69) is 6.07 Å². The van der Waals surface area contributed by atoms with Crippen LogP contribution in [0.4, 0.5) is 14.5 Å². The molecule has 1 aliphatic heterocycles. The van der Waals surface area contributed by atoms with Gasteiger partial charge in [-0.2, -0.15) is 9.57 Å². The Balaban J connectivity index is 1.82. The van der Waals surface area contributed by atoms with Crippen LogP contribution in [0.25, 0.3) is 0 Å². The van der Waals surface area contributed by atoms with E-state index in [1.807, 2.05) is 4.90 Å². The van der Waals surface area contributed by atoms with Crippen LogP contribution >= 0.6 is 11.6 Å². The van der Waals surface area contributed by atoms with Crippen molar-refractivity contribution in [2.75, 3.05) is 31.1 Å². The zero-order chi connectivity index (χ0) is 18.9. The van der Waals surface area contributed by atoms with Crippen molar-refractivity contribution >= 4 is 27.3 Å². The minimum atomic E-state index is -4.28. The van der Waals surface area contributed by atoms with Gasteiger partial charge in [0.15, 0.2) is 4.90 Å². The molecule has 0 unspecified atom stereocenters. The average Bonchev–Trinajstić information content (AvgIpc) is 2.61. The number of anilines is 1. The Bertz CT molecular complexity index is 964. The van der Waals surface area contributed by atoms with Crippen molar-refractivity contribution in [1.29, 1.82) is 5.26 Å². The molecule has 3 rings (SSSR count). The second kappa shape index (κ2) is 7.19. The van der Waals surface area contributed by atoms with Crippen molar-refractivity contribution in [3.05, 3.63) is 58.6 Å². The predicted molar refractivity (Wildman–Crippen MR) is 93.5 cm³/mol. The first-order chi connectivity index (χ1) is 12.3. The standard InChI is InChI=1S/C17H14ClF2N3O2S/c18-13-4-5-16(12(10-13)11-21)22-6-8-23(9-7-22)26(24,25)17-14(19)2-1-3-15(17)20/h1-5,10H,6-9H2. The number of hydrogen-bond acceptors (Lipinski definition) is 4. The summed E-state index contributed by atoms with van der Waals surface area (Å²) in [7, 11) is -4.28. The molecular weight excluding hydrogens is 384 g/mol. The summed E-state index contributed by atoms with van der Waals surface area (Å²) in [6, 6.07) is 9.89. The Kier molecular flexibility index (Phi) is 5.14. The van der Waals surface area contributed by atoms with Gasteiger partial charge in [-0.15, -0.1) is 0 Å². The highest BCUT2D eigenvalue weighted by atomic mass is 35.5. The van der Waals surface area contributed by atoms with Gasteiger partial charge in [0.1, 0.15) is 17.7 Å². The van der Waals surface area contributed by atoms with Crippen molar-refractivity contribution in [2.24, 2.45) is 0 Å². The highest BCUT2D eigenvalue weighted by Crippen LogP contribution is 2.27. The van der Waals surface area contributed by atoms with Gasteiger partial charge in [0.05, 0.1) is 11.3 Å². The Labute approximate surface area is 155 Å². The quantitative estimate of drug-likeness (QED) is 0.798. The largest absolute Gasteiger partial charge is 0.368 e. The van der Waals surface area contributed by atoms with Gasteiger partial charge in [0.25, 0.3) is 0 Å². The van der Waals surface area contributed by atoms with Crippen LogP contribution in [0.1, 0.15) is 5.56 Å². The number of rotatable bonds is 3. The lowest BCUT2D eigenvalue weighted by atomic mass is 10.1. The van der Waals surface area contributed by atoms with Crippen molar-refractivity contribution in [3.8, 4) is 6.07 Å². The van der Waals surface area contributed by atoms with Gasteiger partial charge in [0, 0.05) is 31.2 Å². The van der Waals surface area contributed by atoms with E-state index in [9.17, 15) is 22.5 Å². The molecule has 0 amide bonds. The van der Waals surface area contributed by atoms with E-state index in [-0.39, 0.29) is 26.2 Å². The predicted octanol–water partition coefficient (Wildman–Crippen LogP) is 3.00. The normalized spacial score (nSPS) is 15.7. The maximum Gasteiger partial charge on any atom is 0.249 e. The number of piperazine rings is 1. The topological polar surface area (TPSA) is 64.4 Å². The highest BCUT2D eigenvalue weighted by molar-refractivity contribution is 7.89. The lowest BCUT2D eigenvalue weighted by Gasteiger charge is -2.35. The minimum Gasteiger partial charge on any atom is -0.368 e. The zero-order valence-corrected chi connectivity index (χ0v) is 15.1. The fraction of sp³-hybridized carbons (Fsp3) is 0.235. The summed E-state index contributed by atoms with van der Waals surface area (Å²) < 4.78 is 54.0. The van der Waals surface area contributed by atoms with Crippen LogP contribution in [0.15, 0.2) is 41.3 Å². The summed E-state index contributed by atoms with van der Waals surface area (Å²) in [6.45, 7) is 0.657. The molecule has 0 radical (unpaired) electrons. The number of sulfonamides is 1. The smallest absolute Gasteiger partial charge is 0.249 e. The molecule has 0 bridgehead atoms. The third kappa shape index (κ3) is 3.38. The summed E-state index contributed by atoms with van der Waals surface area (Å²) in [5.41, 5.74) is 1.03. The molecule has 0 aliphatic carbocycles. The lowest BCUT2D eigenvalue weighted by Crippen LogP contribution is -2.49. The molecule has 0 saturated carbocycles. The molecule has 1 saturated heterocycles.